The summed E-state index contributed by atoms with van der Waals surface area (Å²) in [4.78, 5) is 27.0. The second-order valence-corrected chi connectivity index (χ2v) is 4.97. The molecule has 1 aromatic carbocycles. The van der Waals surface area contributed by atoms with Crippen molar-refractivity contribution in [2.75, 3.05) is 0 Å². The Balaban J connectivity index is 2.22. The van der Waals surface area contributed by atoms with E-state index in [4.69, 9.17) is 4.42 Å². The number of carbonyl (C=O) groups is 2. The molecule has 0 radical (unpaired) electrons. The van der Waals surface area contributed by atoms with Gasteiger partial charge in [0.1, 0.15) is 5.76 Å². The number of carboxylic acids is 1. The van der Waals surface area contributed by atoms with Gasteiger partial charge in [-0.1, -0.05) is 28.1 Å². The Bertz CT molecular complexity index is 636. The van der Waals surface area contributed by atoms with Crippen LogP contribution in [0.5, 0.6) is 0 Å². The minimum atomic E-state index is -1.15. The molecule has 0 saturated carbocycles. The van der Waals surface area contributed by atoms with Crippen LogP contribution < -0.4 is 5.32 Å². The monoisotopic (exact) mass is 338 g/mol. The topological polar surface area (TPSA) is 92.4 Å². The van der Waals surface area contributed by atoms with E-state index in [2.05, 4.69) is 26.2 Å². The molecule has 1 amide bonds. The molecular weight excluding hydrogens is 328 g/mol. The lowest BCUT2D eigenvalue weighted by Gasteiger charge is -2.14. The van der Waals surface area contributed by atoms with Crippen molar-refractivity contribution in [2.45, 2.75) is 13.0 Å². The predicted octanol–water partition coefficient (Wildman–Crippen LogP) is 2.30. The summed E-state index contributed by atoms with van der Waals surface area (Å²) >= 11 is 3.27. The lowest BCUT2D eigenvalue weighted by atomic mass is 10.1. The molecule has 104 valence electrons. The molecule has 0 spiro atoms. The number of carboxylic acid groups (broad SMARTS) is 1. The number of hydrogen-bond donors (Lipinski definition) is 2. The highest BCUT2D eigenvalue weighted by Gasteiger charge is 2.24. The van der Waals surface area contributed by atoms with Crippen LogP contribution in [0.15, 0.2) is 39.5 Å². The van der Waals surface area contributed by atoms with Crippen molar-refractivity contribution in [1.82, 2.24) is 10.3 Å². The second-order valence-electron chi connectivity index (χ2n) is 4.05. The number of halogens is 1. The van der Waals surface area contributed by atoms with Crippen molar-refractivity contribution in [2.24, 2.45) is 0 Å². The molecule has 0 saturated heterocycles. The molecule has 1 aromatic heterocycles. The Labute approximate surface area is 122 Å². The maximum atomic E-state index is 12.0. The summed E-state index contributed by atoms with van der Waals surface area (Å²) in [6.45, 7) is 1.58. The lowest BCUT2D eigenvalue weighted by molar-refractivity contribution is -0.139. The maximum absolute atomic E-state index is 12.0. The zero-order valence-electron chi connectivity index (χ0n) is 10.5. The molecular formula is C13H11BrN2O4. The van der Waals surface area contributed by atoms with Gasteiger partial charge in [-0.25, -0.2) is 9.78 Å². The van der Waals surface area contributed by atoms with Gasteiger partial charge in [0.2, 0.25) is 0 Å². The van der Waals surface area contributed by atoms with E-state index in [1.54, 1.807) is 31.2 Å². The third-order valence-corrected chi connectivity index (χ3v) is 3.21. The van der Waals surface area contributed by atoms with Gasteiger partial charge in [0.25, 0.3) is 5.91 Å². The first-order chi connectivity index (χ1) is 9.49. The number of oxazole rings is 1. The molecule has 2 rings (SSSR count). The van der Waals surface area contributed by atoms with Gasteiger partial charge in [0, 0.05) is 4.47 Å². The highest BCUT2D eigenvalue weighted by molar-refractivity contribution is 9.10. The quantitative estimate of drug-likeness (QED) is 0.892. The smallest absolute Gasteiger partial charge is 0.330 e. The van der Waals surface area contributed by atoms with E-state index < -0.39 is 17.9 Å². The SMILES string of the molecule is Cc1ocnc1C(=O)NC(C(=O)O)c1ccc(Br)cc1. The highest BCUT2D eigenvalue weighted by atomic mass is 79.9. The highest BCUT2D eigenvalue weighted by Crippen LogP contribution is 2.18. The fourth-order valence-electron chi connectivity index (χ4n) is 1.67. The summed E-state index contributed by atoms with van der Waals surface area (Å²) in [6, 6.07) is 5.52. The molecule has 0 aliphatic rings. The number of aliphatic carboxylic acids is 1. The summed E-state index contributed by atoms with van der Waals surface area (Å²) in [6.07, 6.45) is 1.14. The number of aryl methyl sites for hydroxylation is 1. The molecule has 7 heteroatoms. The third-order valence-electron chi connectivity index (χ3n) is 2.69. The first kappa shape index (κ1) is 14.3. The van der Waals surface area contributed by atoms with E-state index in [9.17, 15) is 14.7 Å². The van der Waals surface area contributed by atoms with Crippen LogP contribution in [-0.4, -0.2) is 22.0 Å². The summed E-state index contributed by atoms with van der Waals surface area (Å²) in [7, 11) is 0. The molecule has 0 bridgehead atoms. The second kappa shape index (κ2) is 5.87. The fraction of sp³-hybridized carbons (Fsp3) is 0.154. The summed E-state index contributed by atoms with van der Waals surface area (Å²) in [5.74, 6) is -1.41. The van der Waals surface area contributed by atoms with E-state index in [1.165, 1.54) is 0 Å². The van der Waals surface area contributed by atoms with Gasteiger partial charge in [-0.2, -0.15) is 0 Å². The number of benzene rings is 1. The van der Waals surface area contributed by atoms with Crippen LogP contribution in [0.3, 0.4) is 0 Å². The molecule has 6 nitrogen and oxygen atoms in total. The average Bonchev–Trinajstić information content (AvgIpc) is 2.83. The minimum absolute atomic E-state index is 0.0772. The maximum Gasteiger partial charge on any atom is 0.330 e. The van der Waals surface area contributed by atoms with Gasteiger partial charge in [-0.3, -0.25) is 4.79 Å². The van der Waals surface area contributed by atoms with Crippen LogP contribution in [0.2, 0.25) is 0 Å². The number of nitrogens with zero attached hydrogens (tertiary/aromatic N) is 1. The first-order valence-corrected chi connectivity index (χ1v) is 6.47. The molecule has 0 aliphatic heterocycles. The zero-order chi connectivity index (χ0) is 14.7. The van der Waals surface area contributed by atoms with Crippen LogP contribution in [0.4, 0.5) is 0 Å². The Kier molecular flexibility index (Phi) is 4.19. The molecule has 2 N–H and O–H groups in total. The molecule has 0 aliphatic carbocycles. The molecule has 20 heavy (non-hydrogen) atoms. The normalized spacial score (nSPS) is 11.9. The van der Waals surface area contributed by atoms with E-state index in [1.807, 2.05) is 0 Å². The van der Waals surface area contributed by atoms with Crippen molar-refractivity contribution in [1.29, 1.82) is 0 Å². The van der Waals surface area contributed by atoms with Gasteiger partial charge in [-0.05, 0) is 24.6 Å². The van der Waals surface area contributed by atoms with Crippen molar-refractivity contribution in [3.05, 3.63) is 52.1 Å². The van der Waals surface area contributed by atoms with Gasteiger partial charge >= 0.3 is 5.97 Å². The van der Waals surface area contributed by atoms with Crippen LogP contribution in [0.1, 0.15) is 27.9 Å². The van der Waals surface area contributed by atoms with Crippen LogP contribution >= 0.6 is 15.9 Å². The van der Waals surface area contributed by atoms with E-state index in [0.717, 1.165) is 10.9 Å². The third kappa shape index (κ3) is 3.05. The van der Waals surface area contributed by atoms with Crippen LogP contribution in [0.25, 0.3) is 0 Å². The minimum Gasteiger partial charge on any atom is -0.479 e. The summed E-state index contributed by atoms with van der Waals surface area (Å²) in [5, 5.41) is 11.7. The van der Waals surface area contributed by atoms with Crippen molar-refractivity contribution < 1.29 is 19.1 Å². The largest absolute Gasteiger partial charge is 0.479 e. The average molecular weight is 339 g/mol. The number of rotatable bonds is 4. The summed E-state index contributed by atoms with van der Waals surface area (Å²) < 4.78 is 5.75. The zero-order valence-corrected chi connectivity index (χ0v) is 12.0. The molecule has 1 atom stereocenters. The summed E-state index contributed by atoms with van der Waals surface area (Å²) in [5.41, 5.74) is 0.545. The standard InChI is InChI=1S/C13H11BrN2O4/c1-7-10(15-6-20-7)12(17)16-11(13(18)19)8-2-4-9(14)5-3-8/h2-6,11H,1H3,(H,16,17)(H,18,19). The number of aromatic nitrogens is 1. The molecule has 2 aromatic rings. The Morgan fingerprint density at radius 1 is 1.35 bits per heavy atom. The van der Waals surface area contributed by atoms with Crippen molar-refractivity contribution >= 4 is 27.8 Å². The number of hydrogen-bond acceptors (Lipinski definition) is 4. The van der Waals surface area contributed by atoms with Gasteiger partial charge in [-0.15, -0.1) is 0 Å². The van der Waals surface area contributed by atoms with Crippen LogP contribution in [-0.2, 0) is 4.79 Å². The van der Waals surface area contributed by atoms with Crippen LogP contribution in [0, 0.1) is 6.92 Å². The molecule has 1 unspecified atom stereocenters. The Hall–Kier alpha value is -2.15. The van der Waals surface area contributed by atoms with Crippen molar-refractivity contribution in [3.63, 3.8) is 0 Å². The van der Waals surface area contributed by atoms with Crippen molar-refractivity contribution in [3.8, 4) is 0 Å². The Morgan fingerprint density at radius 3 is 2.50 bits per heavy atom. The Morgan fingerprint density at radius 2 is 2.00 bits per heavy atom. The first-order valence-electron chi connectivity index (χ1n) is 5.68. The van der Waals surface area contributed by atoms with Gasteiger partial charge in [0.05, 0.1) is 0 Å². The number of carbonyl (C=O) groups excluding carboxylic acids is 1. The molecule has 1 heterocycles. The fourth-order valence-corrected chi connectivity index (χ4v) is 1.93. The number of amides is 1. The van der Waals surface area contributed by atoms with E-state index in [0.29, 0.717) is 11.3 Å². The van der Waals surface area contributed by atoms with Gasteiger partial charge in [0.15, 0.2) is 18.1 Å². The molecule has 0 fully saturated rings. The number of nitrogens with one attached hydrogen (secondary N) is 1. The van der Waals surface area contributed by atoms with E-state index in [-0.39, 0.29) is 5.69 Å². The predicted molar refractivity (Wildman–Crippen MR) is 73.2 cm³/mol. The lowest BCUT2D eigenvalue weighted by Crippen LogP contribution is -2.34. The van der Waals surface area contributed by atoms with E-state index >= 15 is 0 Å². The van der Waals surface area contributed by atoms with Gasteiger partial charge < -0.3 is 14.8 Å².